The molecule has 2 heteroatoms. The molecule has 2 heterocycles. The predicted octanol–water partition coefficient (Wildman–Crippen LogP) is 13.2. The van der Waals surface area contributed by atoms with E-state index in [-0.39, 0.29) is 10.8 Å². The molecule has 246 valence electrons. The summed E-state index contributed by atoms with van der Waals surface area (Å²) in [5, 5.41) is 2.54. The molecule has 2 aliphatic rings. The van der Waals surface area contributed by atoms with Crippen LogP contribution < -0.4 is 4.90 Å². The Morgan fingerprint density at radius 3 is 1.88 bits per heavy atom. The molecular formula is C49H40N2. The van der Waals surface area contributed by atoms with E-state index in [1.807, 2.05) is 0 Å². The van der Waals surface area contributed by atoms with E-state index in [1.165, 1.54) is 94.6 Å². The van der Waals surface area contributed by atoms with E-state index >= 15 is 0 Å². The molecule has 0 unspecified atom stereocenters. The lowest BCUT2D eigenvalue weighted by Gasteiger charge is -2.42. The van der Waals surface area contributed by atoms with Gasteiger partial charge in [-0.3, -0.25) is 0 Å². The molecule has 8 aromatic rings. The van der Waals surface area contributed by atoms with Gasteiger partial charge in [0.25, 0.3) is 0 Å². The topological polar surface area (TPSA) is 8.17 Å². The molecule has 2 nitrogen and oxygen atoms in total. The van der Waals surface area contributed by atoms with Crippen molar-refractivity contribution < 1.29 is 0 Å². The first kappa shape index (κ1) is 30.0. The summed E-state index contributed by atoms with van der Waals surface area (Å²) in [6.45, 7) is 11.7. The fourth-order valence-corrected chi connectivity index (χ4v) is 9.15. The second-order valence-corrected chi connectivity index (χ2v) is 15.5. The van der Waals surface area contributed by atoms with E-state index in [4.69, 9.17) is 0 Å². The van der Waals surface area contributed by atoms with Crippen LogP contribution in [0.5, 0.6) is 0 Å². The molecule has 1 aliphatic heterocycles. The zero-order chi connectivity index (χ0) is 34.6. The zero-order valence-electron chi connectivity index (χ0n) is 29.8. The lowest BCUT2D eigenvalue weighted by atomic mass is 9.72. The predicted molar refractivity (Wildman–Crippen MR) is 215 cm³/mol. The normalized spacial score (nSPS) is 15.0. The third-order valence-corrected chi connectivity index (χ3v) is 11.8. The fourth-order valence-electron chi connectivity index (χ4n) is 9.15. The highest BCUT2D eigenvalue weighted by atomic mass is 15.2. The Bertz CT molecular complexity index is 2710. The van der Waals surface area contributed by atoms with Gasteiger partial charge in [0.05, 0.1) is 22.4 Å². The monoisotopic (exact) mass is 656 g/mol. The van der Waals surface area contributed by atoms with Crippen molar-refractivity contribution in [2.45, 2.75) is 45.4 Å². The Hall–Kier alpha value is -5.86. The van der Waals surface area contributed by atoms with E-state index < -0.39 is 0 Å². The number of nitrogens with zero attached hydrogens (tertiary/aromatic N) is 2. The number of para-hydroxylation sites is 2. The van der Waals surface area contributed by atoms with E-state index in [0.29, 0.717) is 0 Å². The van der Waals surface area contributed by atoms with Gasteiger partial charge in [0.2, 0.25) is 0 Å². The Labute approximate surface area is 300 Å². The van der Waals surface area contributed by atoms with E-state index in [9.17, 15) is 0 Å². The Balaban J connectivity index is 1.15. The number of aromatic nitrogens is 1. The van der Waals surface area contributed by atoms with Crippen LogP contribution in [0.1, 0.15) is 55.5 Å². The van der Waals surface area contributed by atoms with Gasteiger partial charge in [0.15, 0.2) is 0 Å². The van der Waals surface area contributed by atoms with Crippen molar-refractivity contribution in [3.63, 3.8) is 0 Å². The van der Waals surface area contributed by atoms with Crippen LogP contribution >= 0.6 is 0 Å². The summed E-state index contributed by atoms with van der Waals surface area (Å²) < 4.78 is 2.39. The van der Waals surface area contributed by atoms with Crippen LogP contribution in [0, 0.1) is 6.92 Å². The smallest absolute Gasteiger partial charge is 0.0541 e. The van der Waals surface area contributed by atoms with Gasteiger partial charge in [0, 0.05) is 33.0 Å². The second kappa shape index (κ2) is 10.6. The minimum Gasteiger partial charge on any atom is -0.310 e. The number of benzene rings is 7. The highest BCUT2D eigenvalue weighted by Gasteiger charge is 2.39. The van der Waals surface area contributed by atoms with Crippen molar-refractivity contribution in [1.29, 1.82) is 0 Å². The summed E-state index contributed by atoms with van der Waals surface area (Å²) in [7, 11) is 0. The minimum absolute atomic E-state index is 0.0674. The highest BCUT2D eigenvalue weighted by molar-refractivity contribution is 6.10. The molecule has 7 aromatic carbocycles. The third-order valence-electron chi connectivity index (χ3n) is 11.8. The van der Waals surface area contributed by atoms with Gasteiger partial charge in [-0.2, -0.15) is 0 Å². The minimum atomic E-state index is -0.192. The standard InChI is InChI=1S/C49H40N2/c1-31-19-24-46-42(27-31)49(4,5)43-29-33(32-20-25-45-39(28-32)38-16-10-12-18-44(38)50(45)34-13-7-6-8-14-34)21-26-47(43)51(46)35-22-23-37-36-15-9-11-17-40(36)48(2,3)41(37)30-35/h6-30H,1-5H3. The number of anilines is 3. The molecule has 10 rings (SSSR count). The van der Waals surface area contributed by atoms with Crippen LogP contribution in [0.4, 0.5) is 17.1 Å². The van der Waals surface area contributed by atoms with Crippen LogP contribution in [0.2, 0.25) is 0 Å². The van der Waals surface area contributed by atoms with Crippen molar-refractivity contribution in [3.8, 4) is 27.9 Å². The van der Waals surface area contributed by atoms with Crippen LogP contribution in [0.3, 0.4) is 0 Å². The molecular weight excluding hydrogens is 617 g/mol. The Morgan fingerprint density at radius 1 is 0.412 bits per heavy atom. The largest absolute Gasteiger partial charge is 0.310 e. The third kappa shape index (κ3) is 4.23. The molecule has 0 amide bonds. The maximum Gasteiger partial charge on any atom is 0.0541 e. The summed E-state index contributed by atoms with van der Waals surface area (Å²) in [6, 6.07) is 56.6. The average Bonchev–Trinajstić information content (AvgIpc) is 3.60. The zero-order valence-corrected chi connectivity index (χ0v) is 29.8. The fraction of sp³-hybridized carbons (Fsp3) is 0.143. The summed E-state index contributed by atoms with van der Waals surface area (Å²) >= 11 is 0. The van der Waals surface area contributed by atoms with Crippen molar-refractivity contribution in [2.24, 2.45) is 0 Å². The SMILES string of the molecule is Cc1ccc2c(c1)C(C)(C)c1cc(-c3ccc4c(c3)c3ccccc3n4-c3ccccc3)ccc1N2c1ccc2c(c1)C(C)(C)c1ccccc1-2. The molecule has 0 atom stereocenters. The average molecular weight is 657 g/mol. The van der Waals surface area contributed by atoms with Crippen molar-refractivity contribution >= 4 is 38.9 Å². The molecule has 0 bridgehead atoms. The number of hydrogen-bond acceptors (Lipinski definition) is 1. The number of fused-ring (bicyclic) bond motifs is 8. The molecule has 0 fully saturated rings. The quantitative estimate of drug-likeness (QED) is 0.184. The molecule has 1 aromatic heterocycles. The highest BCUT2D eigenvalue weighted by Crippen LogP contribution is 2.55. The van der Waals surface area contributed by atoms with Crippen LogP contribution in [-0.2, 0) is 10.8 Å². The van der Waals surface area contributed by atoms with Gasteiger partial charge >= 0.3 is 0 Å². The molecule has 0 spiro atoms. The molecule has 0 N–H and O–H groups in total. The lowest BCUT2D eigenvalue weighted by molar-refractivity contribution is 0.631. The van der Waals surface area contributed by atoms with Gasteiger partial charge in [-0.05, 0) is 112 Å². The first-order valence-corrected chi connectivity index (χ1v) is 18.1. The lowest BCUT2D eigenvalue weighted by Crippen LogP contribution is -2.31. The second-order valence-electron chi connectivity index (χ2n) is 15.5. The number of rotatable bonds is 3. The van der Waals surface area contributed by atoms with Gasteiger partial charge in [-0.15, -0.1) is 0 Å². The van der Waals surface area contributed by atoms with Crippen LogP contribution in [0.25, 0.3) is 49.7 Å². The Morgan fingerprint density at radius 2 is 1.04 bits per heavy atom. The first-order chi connectivity index (χ1) is 24.7. The summed E-state index contributed by atoms with van der Waals surface area (Å²) in [6.07, 6.45) is 0. The molecule has 0 saturated carbocycles. The van der Waals surface area contributed by atoms with Crippen molar-refractivity contribution in [1.82, 2.24) is 4.57 Å². The first-order valence-electron chi connectivity index (χ1n) is 18.1. The molecule has 1 aliphatic carbocycles. The summed E-state index contributed by atoms with van der Waals surface area (Å²) in [4.78, 5) is 2.51. The number of hydrogen-bond donors (Lipinski definition) is 0. The summed E-state index contributed by atoms with van der Waals surface area (Å²) in [5.41, 5.74) is 19.0. The maximum atomic E-state index is 2.51. The van der Waals surface area contributed by atoms with E-state index in [1.54, 1.807) is 0 Å². The van der Waals surface area contributed by atoms with Crippen LogP contribution in [0.15, 0.2) is 152 Å². The van der Waals surface area contributed by atoms with Gasteiger partial charge < -0.3 is 9.47 Å². The molecule has 51 heavy (non-hydrogen) atoms. The Kier molecular flexibility index (Phi) is 6.22. The van der Waals surface area contributed by atoms with Gasteiger partial charge in [-0.1, -0.05) is 124 Å². The van der Waals surface area contributed by atoms with Gasteiger partial charge in [0.1, 0.15) is 0 Å². The summed E-state index contributed by atoms with van der Waals surface area (Å²) in [5.74, 6) is 0. The molecule has 0 radical (unpaired) electrons. The van der Waals surface area contributed by atoms with Crippen molar-refractivity contribution in [2.75, 3.05) is 4.90 Å². The van der Waals surface area contributed by atoms with E-state index in [2.05, 4.69) is 196 Å². The van der Waals surface area contributed by atoms with E-state index in [0.717, 1.165) is 0 Å². The van der Waals surface area contributed by atoms with Crippen molar-refractivity contribution in [3.05, 3.63) is 179 Å². The number of aryl methyl sites for hydroxylation is 1. The van der Waals surface area contributed by atoms with Crippen LogP contribution in [-0.4, -0.2) is 4.57 Å². The molecule has 0 saturated heterocycles. The maximum absolute atomic E-state index is 2.51. The van der Waals surface area contributed by atoms with Gasteiger partial charge in [-0.25, -0.2) is 0 Å².